The highest BCUT2D eigenvalue weighted by Gasteiger charge is 2.30. The Morgan fingerprint density at radius 1 is 1.05 bits per heavy atom. The molecule has 0 aliphatic rings. The van der Waals surface area contributed by atoms with Crippen LogP contribution < -0.4 is 4.74 Å². The number of aromatic nitrogens is 2. The lowest BCUT2D eigenvalue weighted by Gasteiger charge is -2.10. The number of nitrogens with zero attached hydrogens (tertiary/aromatic N) is 2. The molecular weight excluding hydrogens is 281 g/mol. The van der Waals surface area contributed by atoms with E-state index in [1.165, 1.54) is 12.1 Å². The van der Waals surface area contributed by atoms with E-state index in [9.17, 15) is 13.2 Å². The van der Waals surface area contributed by atoms with Gasteiger partial charge in [-0.05, 0) is 30.3 Å². The first kappa shape index (κ1) is 13.5. The number of ether oxygens (including phenoxy) is 1. The van der Waals surface area contributed by atoms with E-state index in [0.29, 0.717) is 5.75 Å². The molecule has 3 rings (SSSR count). The molecule has 0 radical (unpaired) electrons. The van der Waals surface area contributed by atoms with Crippen LogP contribution in [0.3, 0.4) is 0 Å². The van der Waals surface area contributed by atoms with E-state index in [2.05, 4.69) is 4.98 Å². The van der Waals surface area contributed by atoms with E-state index in [1.54, 1.807) is 24.5 Å². The fourth-order valence-electron chi connectivity index (χ4n) is 2.04. The molecule has 0 fully saturated rings. The molecule has 0 N–H and O–H groups in total. The molecule has 3 nitrogen and oxygen atoms in total. The third-order valence-corrected chi connectivity index (χ3v) is 3.09. The van der Waals surface area contributed by atoms with Crippen molar-refractivity contribution in [2.75, 3.05) is 0 Å². The molecule has 1 heterocycles. The van der Waals surface area contributed by atoms with Gasteiger partial charge in [-0.1, -0.05) is 6.07 Å². The van der Waals surface area contributed by atoms with Crippen LogP contribution in [0, 0.1) is 0 Å². The van der Waals surface area contributed by atoms with Crippen molar-refractivity contribution in [3.8, 4) is 11.5 Å². The molecule has 0 aliphatic carbocycles. The molecule has 0 aliphatic heterocycles. The zero-order valence-electron chi connectivity index (χ0n) is 11.1. The number of fused-ring (bicyclic) bond motifs is 1. The molecule has 2 aromatic carbocycles. The van der Waals surface area contributed by atoms with Crippen molar-refractivity contribution >= 4 is 11.0 Å². The summed E-state index contributed by atoms with van der Waals surface area (Å²) in [6.45, 7) is 0. The smallest absolute Gasteiger partial charge is 0.416 e. The summed E-state index contributed by atoms with van der Waals surface area (Å²) in [6.07, 6.45) is -2.72. The lowest BCUT2D eigenvalue weighted by atomic mass is 10.2. The van der Waals surface area contributed by atoms with E-state index >= 15 is 0 Å². The van der Waals surface area contributed by atoms with Crippen LogP contribution in [0.25, 0.3) is 11.0 Å². The van der Waals surface area contributed by atoms with E-state index in [1.807, 2.05) is 11.6 Å². The topological polar surface area (TPSA) is 27.1 Å². The Bertz CT molecular complexity index is 793. The van der Waals surface area contributed by atoms with Gasteiger partial charge in [0.1, 0.15) is 11.5 Å². The monoisotopic (exact) mass is 292 g/mol. The predicted molar refractivity (Wildman–Crippen MR) is 72.2 cm³/mol. The molecule has 0 unspecified atom stereocenters. The minimum Gasteiger partial charge on any atom is -0.457 e. The standard InChI is InChI=1S/C15H11F3N2O/c1-20-9-19-13-6-5-12(8-14(13)20)21-11-4-2-3-10(7-11)15(16,17)18/h2-9H,1H3. The second-order valence-electron chi connectivity index (χ2n) is 4.63. The number of benzene rings is 2. The van der Waals surface area contributed by atoms with Gasteiger partial charge in [-0.15, -0.1) is 0 Å². The number of aryl methyl sites for hydroxylation is 1. The van der Waals surface area contributed by atoms with E-state index < -0.39 is 11.7 Å². The van der Waals surface area contributed by atoms with Gasteiger partial charge >= 0.3 is 6.18 Å². The minimum atomic E-state index is -4.38. The van der Waals surface area contributed by atoms with Crippen LogP contribution in [0.2, 0.25) is 0 Å². The minimum absolute atomic E-state index is 0.145. The Morgan fingerprint density at radius 2 is 1.81 bits per heavy atom. The van der Waals surface area contributed by atoms with Crippen molar-refractivity contribution in [2.45, 2.75) is 6.18 Å². The molecular formula is C15H11F3N2O. The molecule has 108 valence electrons. The lowest BCUT2D eigenvalue weighted by Crippen LogP contribution is -2.04. The van der Waals surface area contributed by atoms with Crippen molar-refractivity contribution in [3.05, 3.63) is 54.4 Å². The summed E-state index contributed by atoms with van der Waals surface area (Å²) in [5.74, 6) is 0.608. The maximum atomic E-state index is 12.7. The molecule has 1 aromatic heterocycles. The third-order valence-electron chi connectivity index (χ3n) is 3.09. The molecule has 0 bridgehead atoms. The summed E-state index contributed by atoms with van der Waals surface area (Å²) >= 11 is 0. The lowest BCUT2D eigenvalue weighted by molar-refractivity contribution is -0.137. The van der Waals surface area contributed by atoms with Crippen LogP contribution in [0.15, 0.2) is 48.8 Å². The molecule has 21 heavy (non-hydrogen) atoms. The van der Waals surface area contributed by atoms with Crippen molar-refractivity contribution in [1.82, 2.24) is 9.55 Å². The van der Waals surface area contributed by atoms with Gasteiger partial charge in [-0.2, -0.15) is 13.2 Å². The highest BCUT2D eigenvalue weighted by atomic mass is 19.4. The van der Waals surface area contributed by atoms with Gasteiger partial charge in [0.2, 0.25) is 0 Å². The van der Waals surface area contributed by atoms with Gasteiger partial charge in [-0.25, -0.2) is 4.98 Å². The second kappa shape index (κ2) is 4.80. The van der Waals surface area contributed by atoms with Crippen molar-refractivity contribution < 1.29 is 17.9 Å². The molecule has 0 saturated heterocycles. The normalized spacial score (nSPS) is 11.8. The van der Waals surface area contributed by atoms with Crippen molar-refractivity contribution in [1.29, 1.82) is 0 Å². The van der Waals surface area contributed by atoms with Crippen molar-refractivity contribution in [2.24, 2.45) is 7.05 Å². The first-order valence-electron chi connectivity index (χ1n) is 6.20. The van der Waals surface area contributed by atoms with Gasteiger partial charge in [0.15, 0.2) is 0 Å². The maximum absolute atomic E-state index is 12.7. The molecule has 6 heteroatoms. The van der Waals surface area contributed by atoms with Gasteiger partial charge < -0.3 is 9.30 Å². The summed E-state index contributed by atoms with van der Waals surface area (Å²) in [5.41, 5.74) is 0.912. The fourth-order valence-corrected chi connectivity index (χ4v) is 2.04. The maximum Gasteiger partial charge on any atom is 0.416 e. The average molecular weight is 292 g/mol. The average Bonchev–Trinajstić information content (AvgIpc) is 2.80. The SMILES string of the molecule is Cn1cnc2ccc(Oc3cccc(C(F)(F)F)c3)cc21. The van der Waals surface area contributed by atoms with Crippen LogP contribution >= 0.6 is 0 Å². The summed E-state index contributed by atoms with van der Waals surface area (Å²) in [5, 5.41) is 0. The number of hydrogen-bond donors (Lipinski definition) is 0. The fraction of sp³-hybridized carbons (Fsp3) is 0.133. The second-order valence-corrected chi connectivity index (χ2v) is 4.63. The molecule has 0 amide bonds. The Labute approximate surface area is 118 Å². The highest BCUT2D eigenvalue weighted by molar-refractivity contribution is 5.77. The Hall–Kier alpha value is -2.50. The zero-order chi connectivity index (χ0) is 15.0. The van der Waals surface area contributed by atoms with Gasteiger partial charge in [0, 0.05) is 13.1 Å². The van der Waals surface area contributed by atoms with Crippen LogP contribution in [0.5, 0.6) is 11.5 Å². The number of hydrogen-bond acceptors (Lipinski definition) is 2. The molecule has 0 atom stereocenters. The summed E-state index contributed by atoms with van der Waals surface area (Å²) in [6, 6.07) is 9.98. The molecule has 0 saturated carbocycles. The first-order chi connectivity index (χ1) is 9.93. The molecule has 3 aromatic rings. The number of rotatable bonds is 2. The highest BCUT2D eigenvalue weighted by Crippen LogP contribution is 2.33. The predicted octanol–water partition coefficient (Wildman–Crippen LogP) is 4.38. The first-order valence-corrected chi connectivity index (χ1v) is 6.20. The van der Waals surface area contributed by atoms with E-state index in [-0.39, 0.29) is 5.75 Å². The van der Waals surface area contributed by atoms with Crippen LogP contribution in [-0.2, 0) is 13.2 Å². The quantitative estimate of drug-likeness (QED) is 0.700. The van der Waals surface area contributed by atoms with E-state index in [0.717, 1.165) is 23.2 Å². The zero-order valence-corrected chi connectivity index (χ0v) is 11.1. The van der Waals surface area contributed by atoms with Crippen molar-refractivity contribution in [3.63, 3.8) is 0 Å². The molecule has 0 spiro atoms. The Balaban J connectivity index is 1.93. The number of halogens is 3. The number of alkyl halides is 3. The van der Waals surface area contributed by atoms with Crippen LogP contribution in [0.4, 0.5) is 13.2 Å². The van der Waals surface area contributed by atoms with Gasteiger partial charge in [0.05, 0.1) is 22.9 Å². The summed E-state index contributed by atoms with van der Waals surface area (Å²) in [4.78, 5) is 4.17. The van der Waals surface area contributed by atoms with Crippen LogP contribution in [0.1, 0.15) is 5.56 Å². The van der Waals surface area contributed by atoms with Gasteiger partial charge in [-0.3, -0.25) is 0 Å². The van der Waals surface area contributed by atoms with Gasteiger partial charge in [0.25, 0.3) is 0 Å². The Morgan fingerprint density at radius 3 is 2.57 bits per heavy atom. The largest absolute Gasteiger partial charge is 0.457 e. The summed E-state index contributed by atoms with van der Waals surface area (Å²) in [7, 11) is 1.84. The Kier molecular flexibility index (Phi) is 3.08. The van der Waals surface area contributed by atoms with Crippen LogP contribution in [-0.4, -0.2) is 9.55 Å². The third kappa shape index (κ3) is 2.69. The summed E-state index contributed by atoms with van der Waals surface area (Å²) < 4.78 is 45.3. The van der Waals surface area contributed by atoms with E-state index in [4.69, 9.17) is 4.74 Å². The number of imidazole rings is 1.